The summed E-state index contributed by atoms with van der Waals surface area (Å²) >= 11 is 3.48. The van der Waals surface area contributed by atoms with Gasteiger partial charge in [0, 0.05) is 28.8 Å². The van der Waals surface area contributed by atoms with Gasteiger partial charge in [0.05, 0.1) is 0 Å². The van der Waals surface area contributed by atoms with E-state index in [4.69, 9.17) is 0 Å². The number of anilines is 1. The average Bonchev–Trinajstić information content (AvgIpc) is 2.25. The Balaban J connectivity index is 3.23. The first-order valence-electron chi connectivity index (χ1n) is 6.18. The third-order valence-electron chi connectivity index (χ3n) is 3.55. The van der Waals surface area contributed by atoms with Crippen LogP contribution in [0, 0.1) is 5.41 Å². The molecule has 1 atom stereocenters. The van der Waals surface area contributed by atoms with Crippen molar-refractivity contribution in [1.82, 2.24) is 0 Å². The van der Waals surface area contributed by atoms with Crippen molar-refractivity contribution in [3.05, 3.63) is 28.2 Å². The third kappa shape index (κ3) is 3.35. The van der Waals surface area contributed by atoms with Crippen LogP contribution >= 0.6 is 15.9 Å². The van der Waals surface area contributed by atoms with Crippen molar-refractivity contribution in [3.8, 4) is 0 Å². The molecule has 1 unspecified atom stereocenters. The van der Waals surface area contributed by atoms with E-state index >= 15 is 0 Å². The van der Waals surface area contributed by atoms with Crippen LogP contribution in [0.3, 0.4) is 0 Å². The highest BCUT2D eigenvalue weighted by molar-refractivity contribution is 9.10. The molecular formula is C15H22BrNO. The molecule has 3 heteroatoms. The van der Waals surface area contributed by atoms with Crippen LogP contribution < -0.4 is 4.90 Å². The Kier molecular flexibility index (Phi) is 4.60. The van der Waals surface area contributed by atoms with Gasteiger partial charge in [-0.15, -0.1) is 0 Å². The summed E-state index contributed by atoms with van der Waals surface area (Å²) in [5, 5.41) is 0. The lowest BCUT2D eigenvalue weighted by Crippen LogP contribution is -2.40. The van der Waals surface area contributed by atoms with Crippen LogP contribution in [-0.4, -0.2) is 18.9 Å². The predicted molar refractivity (Wildman–Crippen MR) is 81.5 cm³/mol. The first-order valence-corrected chi connectivity index (χ1v) is 6.97. The summed E-state index contributed by atoms with van der Waals surface area (Å²) in [5.74, 6) is 0.102. The molecule has 0 bridgehead atoms. The van der Waals surface area contributed by atoms with Crippen molar-refractivity contribution in [1.29, 1.82) is 0 Å². The number of rotatable bonds is 3. The zero-order valence-electron chi connectivity index (χ0n) is 12.0. The highest BCUT2D eigenvalue weighted by Gasteiger charge is 2.26. The van der Waals surface area contributed by atoms with Gasteiger partial charge in [-0.1, -0.05) is 36.7 Å². The molecule has 1 rings (SSSR count). The van der Waals surface area contributed by atoms with Gasteiger partial charge in [-0.2, -0.15) is 0 Å². The van der Waals surface area contributed by atoms with Crippen LogP contribution in [0.5, 0.6) is 0 Å². The van der Waals surface area contributed by atoms with Gasteiger partial charge in [-0.25, -0.2) is 0 Å². The Morgan fingerprint density at radius 3 is 2.33 bits per heavy atom. The van der Waals surface area contributed by atoms with Gasteiger partial charge < -0.3 is 4.90 Å². The maximum Gasteiger partial charge on any atom is 0.161 e. The number of carbonyl (C=O) groups is 1. The van der Waals surface area contributed by atoms with Crippen LogP contribution in [0.25, 0.3) is 0 Å². The van der Waals surface area contributed by atoms with Gasteiger partial charge in [-0.3, -0.25) is 4.79 Å². The molecule has 0 amide bonds. The summed E-state index contributed by atoms with van der Waals surface area (Å²) in [6.07, 6.45) is 0. The fraction of sp³-hybridized carbons (Fsp3) is 0.533. The molecule has 100 valence electrons. The van der Waals surface area contributed by atoms with E-state index in [-0.39, 0.29) is 11.2 Å². The maximum atomic E-state index is 11.7. The normalized spacial score (nSPS) is 13.3. The molecule has 1 aromatic carbocycles. The second kappa shape index (κ2) is 5.43. The van der Waals surface area contributed by atoms with Gasteiger partial charge in [0.25, 0.3) is 0 Å². The smallest absolute Gasteiger partial charge is 0.161 e. The summed E-state index contributed by atoms with van der Waals surface area (Å²) in [5.41, 5.74) is 1.92. The van der Waals surface area contributed by atoms with E-state index in [9.17, 15) is 4.79 Å². The third-order valence-corrected chi connectivity index (χ3v) is 4.05. The molecule has 2 nitrogen and oxygen atoms in total. The van der Waals surface area contributed by atoms with Crippen LogP contribution in [0.4, 0.5) is 5.69 Å². The monoisotopic (exact) mass is 311 g/mol. The summed E-state index contributed by atoms with van der Waals surface area (Å²) in [7, 11) is 2.05. The van der Waals surface area contributed by atoms with Crippen molar-refractivity contribution in [2.45, 2.75) is 40.7 Å². The van der Waals surface area contributed by atoms with Crippen molar-refractivity contribution < 1.29 is 4.79 Å². The van der Waals surface area contributed by atoms with Crippen LogP contribution in [0.15, 0.2) is 22.7 Å². The minimum absolute atomic E-state index is 0.102. The maximum absolute atomic E-state index is 11.7. The van der Waals surface area contributed by atoms with Crippen molar-refractivity contribution in [3.63, 3.8) is 0 Å². The average molecular weight is 312 g/mol. The number of benzene rings is 1. The topological polar surface area (TPSA) is 20.3 Å². The number of carbonyl (C=O) groups excluding carboxylic acids is 1. The molecule has 0 radical (unpaired) electrons. The van der Waals surface area contributed by atoms with Gasteiger partial charge in [0.1, 0.15) is 0 Å². The van der Waals surface area contributed by atoms with E-state index in [1.54, 1.807) is 6.92 Å². The molecule has 0 saturated heterocycles. The van der Waals surface area contributed by atoms with Crippen molar-refractivity contribution in [2.75, 3.05) is 11.9 Å². The van der Waals surface area contributed by atoms with Crippen molar-refractivity contribution >= 4 is 27.4 Å². The Morgan fingerprint density at radius 2 is 1.89 bits per heavy atom. The Morgan fingerprint density at radius 1 is 1.33 bits per heavy atom. The van der Waals surface area contributed by atoms with Gasteiger partial charge in [0.2, 0.25) is 0 Å². The van der Waals surface area contributed by atoms with E-state index in [1.807, 2.05) is 25.2 Å². The summed E-state index contributed by atoms with van der Waals surface area (Å²) < 4.78 is 0.996. The number of nitrogens with zero attached hydrogens (tertiary/aromatic N) is 1. The minimum Gasteiger partial charge on any atom is -0.371 e. The number of halogens is 1. The molecule has 0 aromatic heterocycles. The number of Topliss-reactive ketones (excluding diaryl/α,β-unsaturated/α-hetero) is 1. The van der Waals surface area contributed by atoms with Gasteiger partial charge >= 0.3 is 0 Å². The Hall–Kier alpha value is -0.830. The molecule has 0 aliphatic heterocycles. The first kappa shape index (κ1) is 15.2. The Bertz CT molecular complexity index is 448. The summed E-state index contributed by atoms with van der Waals surface area (Å²) in [4.78, 5) is 13.9. The fourth-order valence-electron chi connectivity index (χ4n) is 1.88. The van der Waals surface area contributed by atoms with Crippen molar-refractivity contribution in [2.24, 2.45) is 5.41 Å². The van der Waals surface area contributed by atoms with E-state index in [0.717, 1.165) is 15.7 Å². The standard InChI is InChI=1S/C15H22BrNO/c1-10(18)13-8-7-12(16)9-14(13)17(6)11(2)15(3,4)5/h7-9,11H,1-6H3. The number of hydrogen-bond donors (Lipinski definition) is 0. The lowest BCUT2D eigenvalue weighted by molar-refractivity contribution is 0.101. The van der Waals surface area contributed by atoms with E-state index in [0.29, 0.717) is 6.04 Å². The largest absolute Gasteiger partial charge is 0.371 e. The molecule has 0 heterocycles. The minimum atomic E-state index is 0.102. The summed E-state index contributed by atoms with van der Waals surface area (Å²) in [6, 6.07) is 6.15. The lowest BCUT2D eigenvalue weighted by Gasteiger charge is -2.37. The SMILES string of the molecule is CC(=O)c1ccc(Br)cc1N(C)C(C)C(C)(C)C. The zero-order valence-corrected chi connectivity index (χ0v) is 13.6. The molecule has 0 aliphatic carbocycles. The van der Waals surface area contributed by atoms with Gasteiger partial charge in [0.15, 0.2) is 5.78 Å². The highest BCUT2D eigenvalue weighted by atomic mass is 79.9. The molecule has 0 spiro atoms. The molecular weight excluding hydrogens is 290 g/mol. The quantitative estimate of drug-likeness (QED) is 0.765. The van der Waals surface area contributed by atoms with E-state index in [2.05, 4.69) is 48.5 Å². The van der Waals surface area contributed by atoms with Crippen LogP contribution in [0.1, 0.15) is 45.0 Å². The van der Waals surface area contributed by atoms with E-state index in [1.165, 1.54) is 0 Å². The van der Waals surface area contributed by atoms with Crippen LogP contribution in [0.2, 0.25) is 0 Å². The molecule has 18 heavy (non-hydrogen) atoms. The zero-order chi connectivity index (χ0) is 14.1. The Labute approximate surface area is 119 Å². The van der Waals surface area contributed by atoms with Gasteiger partial charge in [-0.05, 0) is 37.5 Å². The molecule has 1 aromatic rings. The molecule has 0 fully saturated rings. The first-order chi connectivity index (χ1) is 8.14. The number of hydrogen-bond acceptors (Lipinski definition) is 2. The second-order valence-electron chi connectivity index (χ2n) is 5.87. The molecule has 0 aliphatic rings. The lowest BCUT2D eigenvalue weighted by atomic mass is 9.86. The van der Waals surface area contributed by atoms with Crippen LogP contribution in [-0.2, 0) is 0 Å². The number of ketones is 1. The second-order valence-corrected chi connectivity index (χ2v) is 6.79. The van der Waals surface area contributed by atoms with E-state index < -0.39 is 0 Å². The summed E-state index contributed by atoms with van der Waals surface area (Å²) in [6.45, 7) is 10.4. The highest BCUT2D eigenvalue weighted by Crippen LogP contribution is 2.31. The molecule has 0 N–H and O–H groups in total. The molecule has 0 saturated carbocycles. The predicted octanol–water partition coefficient (Wildman–Crippen LogP) is 4.52. The fourth-order valence-corrected chi connectivity index (χ4v) is 2.23.